The Morgan fingerprint density at radius 3 is 1.78 bits per heavy atom. The van der Waals surface area contributed by atoms with Gasteiger partial charge in [0, 0.05) is 0 Å². The van der Waals surface area contributed by atoms with E-state index in [-0.39, 0.29) is 6.17 Å². The molecule has 56 valence electrons. The van der Waals surface area contributed by atoms with Crippen molar-refractivity contribution in [2.75, 3.05) is 0 Å². The Kier molecular flexibility index (Phi) is 3.82. The van der Waals surface area contributed by atoms with E-state index in [2.05, 4.69) is 20.8 Å². The summed E-state index contributed by atoms with van der Waals surface area (Å²) in [6, 6.07) is 0. The van der Waals surface area contributed by atoms with Crippen LogP contribution in [-0.4, -0.2) is 6.17 Å². The molecular weight excluding hydrogens is 112 g/mol. The van der Waals surface area contributed by atoms with Crippen LogP contribution in [0.5, 0.6) is 0 Å². The second-order valence-electron chi connectivity index (χ2n) is 2.82. The van der Waals surface area contributed by atoms with Gasteiger partial charge in [0.05, 0.1) is 6.17 Å². The lowest BCUT2D eigenvalue weighted by Crippen LogP contribution is -2.40. The molecule has 4 N–H and O–H groups in total. The molecule has 0 amide bonds. The van der Waals surface area contributed by atoms with Crippen molar-refractivity contribution in [3.63, 3.8) is 0 Å². The Hall–Kier alpha value is -0.0800. The fraction of sp³-hybridized carbons (Fsp3) is 1.00. The van der Waals surface area contributed by atoms with Gasteiger partial charge in [0.15, 0.2) is 0 Å². The van der Waals surface area contributed by atoms with E-state index in [1.807, 2.05) is 0 Å². The van der Waals surface area contributed by atoms with Gasteiger partial charge in [-0.3, -0.25) is 0 Å². The van der Waals surface area contributed by atoms with Crippen molar-refractivity contribution >= 4 is 0 Å². The highest BCUT2D eigenvalue weighted by molar-refractivity contribution is 4.66. The monoisotopic (exact) mass is 130 g/mol. The minimum Gasteiger partial charge on any atom is -0.316 e. The van der Waals surface area contributed by atoms with Gasteiger partial charge < -0.3 is 11.5 Å². The van der Waals surface area contributed by atoms with Crippen molar-refractivity contribution in [2.45, 2.75) is 33.4 Å². The molecule has 0 radical (unpaired) electrons. The van der Waals surface area contributed by atoms with Crippen molar-refractivity contribution < 1.29 is 0 Å². The first-order valence-corrected chi connectivity index (χ1v) is 3.60. The Bertz CT molecular complexity index is 71.3. The average Bonchev–Trinajstić information content (AvgIpc) is 1.84. The number of nitrogens with two attached hydrogens (primary N) is 2. The van der Waals surface area contributed by atoms with Gasteiger partial charge in [-0.05, 0) is 11.8 Å². The molecule has 2 unspecified atom stereocenters. The Morgan fingerprint density at radius 2 is 1.67 bits per heavy atom. The lowest BCUT2D eigenvalue weighted by atomic mass is 9.92. The van der Waals surface area contributed by atoms with Crippen LogP contribution in [0.25, 0.3) is 0 Å². The lowest BCUT2D eigenvalue weighted by Gasteiger charge is -2.21. The van der Waals surface area contributed by atoms with Gasteiger partial charge in [-0.2, -0.15) is 0 Å². The van der Waals surface area contributed by atoms with E-state index < -0.39 is 0 Å². The van der Waals surface area contributed by atoms with E-state index >= 15 is 0 Å². The van der Waals surface area contributed by atoms with Gasteiger partial charge in [0.25, 0.3) is 0 Å². The molecule has 0 bridgehead atoms. The Labute approximate surface area is 57.6 Å². The van der Waals surface area contributed by atoms with Crippen molar-refractivity contribution in [1.82, 2.24) is 0 Å². The van der Waals surface area contributed by atoms with Crippen LogP contribution in [0.3, 0.4) is 0 Å². The highest BCUT2D eigenvalue weighted by Gasteiger charge is 2.13. The van der Waals surface area contributed by atoms with Crippen LogP contribution in [0.15, 0.2) is 0 Å². The summed E-state index contributed by atoms with van der Waals surface area (Å²) in [5.41, 5.74) is 11.0. The summed E-state index contributed by atoms with van der Waals surface area (Å²) >= 11 is 0. The van der Waals surface area contributed by atoms with E-state index in [4.69, 9.17) is 11.5 Å². The van der Waals surface area contributed by atoms with Crippen LogP contribution < -0.4 is 11.5 Å². The Balaban J connectivity index is 3.58. The quantitative estimate of drug-likeness (QED) is 0.558. The van der Waals surface area contributed by atoms with Crippen LogP contribution >= 0.6 is 0 Å². The maximum absolute atomic E-state index is 5.49. The zero-order chi connectivity index (χ0) is 7.44. The number of rotatable bonds is 3. The molecule has 0 saturated carbocycles. The van der Waals surface area contributed by atoms with E-state index in [0.717, 1.165) is 6.42 Å². The second kappa shape index (κ2) is 3.85. The zero-order valence-corrected chi connectivity index (χ0v) is 6.59. The molecule has 2 heteroatoms. The molecular formula is C7H18N2. The smallest absolute Gasteiger partial charge is 0.0549 e. The third-order valence-electron chi connectivity index (χ3n) is 2.15. The number of hydrogen-bond acceptors (Lipinski definition) is 2. The predicted molar refractivity (Wildman–Crippen MR) is 40.8 cm³/mol. The van der Waals surface area contributed by atoms with E-state index in [0.29, 0.717) is 11.8 Å². The molecule has 0 aliphatic rings. The van der Waals surface area contributed by atoms with Gasteiger partial charge in [0.2, 0.25) is 0 Å². The predicted octanol–water partition coefficient (Wildman–Crippen LogP) is 0.912. The third kappa shape index (κ3) is 2.82. The SMILES string of the molecule is CCC(C)C(C)C(N)N. The first-order chi connectivity index (χ1) is 4.09. The molecule has 0 heterocycles. The maximum atomic E-state index is 5.49. The van der Waals surface area contributed by atoms with Crippen molar-refractivity contribution in [3.05, 3.63) is 0 Å². The van der Waals surface area contributed by atoms with Crippen LogP contribution in [-0.2, 0) is 0 Å². The van der Waals surface area contributed by atoms with Gasteiger partial charge in [-0.1, -0.05) is 27.2 Å². The minimum absolute atomic E-state index is 0.153. The highest BCUT2D eigenvalue weighted by Crippen LogP contribution is 2.14. The van der Waals surface area contributed by atoms with E-state index in [9.17, 15) is 0 Å². The summed E-state index contributed by atoms with van der Waals surface area (Å²) in [4.78, 5) is 0. The molecule has 0 rings (SSSR count). The molecule has 2 atom stereocenters. The van der Waals surface area contributed by atoms with Gasteiger partial charge >= 0.3 is 0 Å². The fourth-order valence-corrected chi connectivity index (χ4v) is 0.751. The zero-order valence-electron chi connectivity index (χ0n) is 6.59. The summed E-state index contributed by atoms with van der Waals surface area (Å²) in [5.74, 6) is 1.08. The summed E-state index contributed by atoms with van der Waals surface area (Å²) in [5, 5.41) is 0. The van der Waals surface area contributed by atoms with Crippen LogP contribution in [0.1, 0.15) is 27.2 Å². The molecule has 0 aromatic carbocycles. The molecule has 2 nitrogen and oxygen atoms in total. The summed E-state index contributed by atoms with van der Waals surface area (Å²) in [6.45, 7) is 6.43. The molecule has 0 aliphatic heterocycles. The van der Waals surface area contributed by atoms with Gasteiger partial charge in [0.1, 0.15) is 0 Å². The van der Waals surface area contributed by atoms with Gasteiger partial charge in [-0.25, -0.2) is 0 Å². The van der Waals surface area contributed by atoms with Gasteiger partial charge in [-0.15, -0.1) is 0 Å². The number of hydrogen-bond donors (Lipinski definition) is 2. The van der Waals surface area contributed by atoms with Crippen molar-refractivity contribution in [2.24, 2.45) is 23.3 Å². The molecule has 9 heavy (non-hydrogen) atoms. The minimum atomic E-state index is -0.153. The standard InChI is InChI=1S/C7H18N2/c1-4-5(2)6(3)7(8)9/h5-7H,4,8-9H2,1-3H3. The average molecular weight is 130 g/mol. The summed E-state index contributed by atoms with van der Waals surface area (Å²) in [7, 11) is 0. The van der Waals surface area contributed by atoms with E-state index in [1.54, 1.807) is 0 Å². The normalized spacial score (nSPS) is 18.0. The van der Waals surface area contributed by atoms with Crippen molar-refractivity contribution in [1.29, 1.82) is 0 Å². The lowest BCUT2D eigenvalue weighted by molar-refractivity contribution is 0.321. The first kappa shape index (κ1) is 8.92. The molecule has 0 aromatic heterocycles. The third-order valence-corrected chi connectivity index (χ3v) is 2.15. The summed E-state index contributed by atoms with van der Waals surface area (Å²) in [6.07, 6.45) is 1.01. The largest absolute Gasteiger partial charge is 0.316 e. The Morgan fingerprint density at radius 1 is 1.22 bits per heavy atom. The first-order valence-electron chi connectivity index (χ1n) is 3.60. The molecule has 0 fully saturated rings. The molecule has 0 saturated heterocycles. The topological polar surface area (TPSA) is 52.0 Å². The molecule has 0 spiro atoms. The highest BCUT2D eigenvalue weighted by atomic mass is 14.9. The maximum Gasteiger partial charge on any atom is 0.0549 e. The van der Waals surface area contributed by atoms with Crippen LogP contribution in [0.2, 0.25) is 0 Å². The van der Waals surface area contributed by atoms with Crippen LogP contribution in [0.4, 0.5) is 0 Å². The van der Waals surface area contributed by atoms with Crippen molar-refractivity contribution in [3.8, 4) is 0 Å². The molecule has 0 aromatic rings. The second-order valence-corrected chi connectivity index (χ2v) is 2.82. The fourth-order valence-electron chi connectivity index (χ4n) is 0.751. The van der Waals surface area contributed by atoms with E-state index in [1.165, 1.54) is 0 Å². The summed E-state index contributed by atoms with van der Waals surface area (Å²) < 4.78 is 0. The van der Waals surface area contributed by atoms with Crippen LogP contribution in [0, 0.1) is 11.8 Å². The molecule has 0 aliphatic carbocycles.